The number of hydrogen-bond donors (Lipinski definition) is 2. The molecule has 1 unspecified atom stereocenters. The van der Waals surface area contributed by atoms with Crippen LogP contribution < -0.4 is 11.1 Å². The number of nitrogens with one attached hydrogen (secondary N) is 1. The molecule has 0 radical (unpaired) electrons. The maximum atomic E-state index is 12.1. The Morgan fingerprint density at radius 2 is 2.05 bits per heavy atom. The second kappa shape index (κ2) is 9.02. The fraction of sp³-hybridized carbons (Fsp3) is 0.467. The van der Waals surface area contributed by atoms with Gasteiger partial charge in [0.15, 0.2) is 0 Å². The fourth-order valence-electron chi connectivity index (χ4n) is 2.02. The van der Waals surface area contributed by atoms with Crippen LogP contribution in [0.25, 0.3) is 0 Å². The smallest absolute Gasteiger partial charge is 0.238 e. The first-order valence-corrected chi connectivity index (χ1v) is 8.67. The second-order valence-corrected chi connectivity index (χ2v) is 6.27. The predicted molar refractivity (Wildman–Crippen MR) is 96.1 cm³/mol. The maximum Gasteiger partial charge on any atom is 0.238 e. The molecule has 116 valence electrons. The zero-order valence-corrected chi connectivity index (χ0v) is 14.4. The molecule has 0 aliphatic rings. The Labute approximate surface area is 136 Å². The van der Waals surface area contributed by atoms with Gasteiger partial charge in [0.05, 0.1) is 6.54 Å². The van der Waals surface area contributed by atoms with Gasteiger partial charge in [0, 0.05) is 23.0 Å². The number of thioether (sulfide) groups is 1. The summed E-state index contributed by atoms with van der Waals surface area (Å²) < 4.78 is 0. The van der Waals surface area contributed by atoms with E-state index in [0.717, 1.165) is 23.4 Å². The van der Waals surface area contributed by atoms with Crippen LogP contribution in [0.5, 0.6) is 0 Å². The van der Waals surface area contributed by atoms with Crippen LogP contribution in [0.4, 0.5) is 5.69 Å². The second-order valence-electron chi connectivity index (χ2n) is 4.92. The van der Waals surface area contributed by atoms with E-state index >= 15 is 0 Å². The minimum atomic E-state index is -0.0138. The van der Waals surface area contributed by atoms with Gasteiger partial charge in [-0.3, -0.25) is 9.69 Å². The van der Waals surface area contributed by atoms with Crippen molar-refractivity contribution < 1.29 is 4.79 Å². The van der Waals surface area contributed by atoms with Crippen molar-refractivity contribution in [3.05, 3.63) is 29.8 Å². The first kappa shape index (κ1) is 17.9. The number of thiocarbonyl (C=S) groups is 1. The molecular weight excluding hydrogens is 302 g/mol. The third kappa shape index (κ3) is 6.03. The number of hydrogen-bond acceptors (Lipinski definition) is 4. The number of amides is 1. The predicted octanol–water partition coefficient (Wildman–Crippen LogP) is 2.33. The zero-order chi connectivity index (χ0) is 15.8. The van der Waals surface area contributed by atoms with Crippen molar-refractivity contribution in [3.63, 3.8) is 0 Å². The molecule has 0 spiro atoms. The van der Waals surface area contributed by atoms with Gasteiger partial charge in [0.1, 0.15) is 4.99 Å². The van der Waals surface area contributed by atoms with Gasteiger partial charge in [-0.15, -0.1) is 0 Å². The summed E-state index contributed by atoms with van der Waals surface area (Å²) in [6.45, 7) is 2.53. The Kier molecular flexibility index (Phi) is 7.71. The Morgan fingerprint density at radius 3 is 2.52 bits per heavy atom. The van der Waals surface area contributed by atoms with E-state index in [1.165, 1.54) is 0 Å². The van der Waals surface area contributed by atoms with E-state index in [1.54, 1.807) is 11.8 Å². The summed E-state index contributed by atoms with van der Waals surface area (Å²) >= 11 is 6.70. The lowest BCUT2D eigenvalue weighted by Crippen LogP contribution is -2.39. The van der Waals surface area contributed by atoms with Crippen LogP contribution in [0, 0.1) is 0 Å². The van der Waals surface area contributed by atoms with E-state index in [4.69, 9.17) is 18.0 Å². The van der Waals surface area contributed by atoms with E-state index in [9.17, 15) is 4.79 Å². The lowest BCUT2D eigenvalue weighted by Gasteiger charge is -2.25. The number of rotatable bonds is 8. The van der Waals surface area contributed by atoms with Crippen molar-refractivity contribution in [2.24, 2.45) is 5.73 Å². The largest absolute Gasteiger partial charge is 0.389 e. The Morgan fingerprint density at radius 1 is 1.43 bits per heavy atom. The average Bonchev–Trinajstić information content (AvgIpc) is 2.44. The summed E-state index contributed by atoms with van der Waals surface area (Å²) in [6.07, 6.45) is 3.12. The minimum Gasteiger partial charge on any atom is -0.389 e. The van der Waals surface area contributed by atoms with Gasteiger partial charge in [-0.05, 0) is 44.0 Å². The summed E-state index contributed by atoms with van der Waals surface area (Å²) in [5, 5.41) is 2.89. The van der Waals surface area contributed by atoms with Crippen LogP contribution in [-0.2, 0) is 4.79 Å². The highest BCUT2D eigenvalue weighted by Gasteiger charge is 2.15. The first-order chi connectivity index (χ1) is 9.97. The maximum absolute atomic E-state index is 12.1. The van der Waals surface area contributed by atoms with Crippen LogP contribution in [0.1, 0.15) is 18.9 Å². The molecule has 0 saturated carbocycles. The molecule has 0 bridgehead atoms. The molecule has 1 rings (SSSR count). The van der Waals surface area contributed by atoms with E-state index in [0.29, 0.717) is 17.6 Å². The van der Waals surface area contributed by atoms with Crippen molar-refractivity contribution in [3.8, 4) is 0 Å². The van der Waals surface area contributed by atoms with Crippen molar-refractivity contribution in [2.75, 3.05) is 30.9 Å². The van der Waals surface area contributed by atoms with Gasteiger partial charge in [-0.25, -0.2) is 0 Å². The Hall–Kier alpha value is -1.11. The number of likely N-dealkylation sites (N-methyl/N-ethyl adjacent to an activating group) is 1. The molecule has 21 heavy (non-hydrogen) atoms. The third-order valence-electron chi connectivity index (χ3n) is 3.30. The average molecular weight is 326 g/mol. The molecule has 1 atom stereocenters. The normalized spacial score (nSPS) is 12.2. The molecule has 0 aliphatic heterocycles. The van der Waals surface area contributed by atoms with Crippen molar-refractivity contribution in [1.82, 2.24) is 4.90 Å². The van der Waals surface area contributed by atoms with Crippen LogP contribution in [0.15, 0.2) is 24.3 Å². The number of anilines is 1. The van der Waals surface area contributed by atoms with Gasteiger partial charge >= 0.3 is 0 Å². The van der Waals surface area contributed by atoms with Gasteiger partial charge in [-0.2, -0.15) is 11.8 Å². The summed E-state index contributed by atoms with van der Waals surface area (Å²) in [5.74, 6) is 1.02. The van der Waals surface area contributed by atoms with Crippen LogP contribution >= 0.6 is 24.0 Å². The van der Waals surface area contributed by atoms with Gasteiger partial charge in [0.25, 0.3) is 0 Å². The van der Waals surface area contributed by atoms with Gasteiger partial charge in [0.2, 0.25) is 5.91 Å². The molecule has 0 heterocycles. The summed E-state index contributed by atoms with van der Waals surface area (Å²) in [7, 11) is 1.99. The monoisotopic (exact) mass is 325 g/mol. The van der Waals surface area contributed by atoms with Crippen molar-refractivity contribution >= 4 is 40.6 Å². The van der Waals surface area contributed by atoms with Crippen LogP contribution in [-0.4, -0.2) is 47.4 Å². The standard InChI is InChI=1S/C15H23N3OS2/c1-4-13(10-21-3)18(2)9-14(19)17-12-7-5-11(6-8-12)15(16)20/h5-8,13H,4,9-10H2,1-3H3,(H2,16,20)(H,17,19). The topological polar surface area (TPSA) is 58.4 Å². The summed E-state index contributed by atoms with van der Waals surface area (Å²) in [4.78, 5) is 14.5. The fourth-order valence-corrected chi connectivity index (χ4v) is 3.03. The van der Waals surface area contributed by atoms with E-state index in [1.807, 2.05) is 31.3 Å². The summed E-state index contributed by atoms with van der Waals surface area (Å²) in [5.41, 5.74) is 7.10. The molecule has 4 nitrogen and oxygen atoms in total. The lowest BCUT2D eigenvalue weighted by atomic mass is 10.2. The first-order valence-electron chi connectivity index (χ1n) is 6.86. The van der Waals surface area contributed by atoms with Gasteiger partial charge in [-0.1, -0.05) is 19.1 Å². The number of carbonyl (C=O) groups is 1. The molecule has 0 aromatic heterocycles. The number of nitrogens with zero attached hydrogens (tertiary/aromatic N) is 1. The highest BCUT2D eigenvalue weighted by atomic mass is 32.2. The molecular formula is C15H23N3OS2. The number of benzene rings is 1. The lowest BCUT2D eigenvalue weighted by molar-refractivity contribution is -0.117. The molecule has 6 heteroatoms. The molecule has 3 N–H and O–H groups in total. The molecule has 1 aromatic carbocycles. The van der Waals surface area contributed by atoms with Crippen LogP contribution in [0.2, 0.25) is 0 Å². The van der Waals surface area contributed by atoms with E-state index in [-0.39, 0.29) is 5.91 Å². The van der Waals surface area contributed by atoms with Crippen molar-refractivity contribution in [1.29, 1.82) is 0 Å². The number of carbonyl (C=O) groups excluding carboxylic acids is 1. The highest BCUT2D eigenvalue weighted by molar-refractivity contribution is 7.98. The Bertz CT molecular complexity index is 476. The highest BCUT2D eigenvalue weighted by Crippen LogP contribution is 2.11. The third-order valence-corrected chi connectivity index (χ3v) is 4.25. The summed E-state index contributed by atoms with van der Waals surface area (Å²) in [6, 6.07) is 7.66. The van der Waals surface area contributed by atoms with Gasteiger partial charge < -0.3 is 11.1 Å². The van der Waals surface area contributed by atoms with Crippen molar-refractivity contribution in [2.45, 2.75) is 19.4 Å². The molecule has 1 aromatic rings. The SMILES string of the molecule is CCC(CSC)N(C)CC(=O)Nc1ccc(C(N)=S)cc1. The molecule has 0 saturated heterocycles. The van der Waals surface area contributed by atoms with Crippen LogP contribution in [0.3, 0.4) is 0 Å². The zero-order valence-electron chi connectivity index (χ0n) is 12.8. The quantitative estimate of drug-likeness (QED) is 0.719. The van der Waals surface area contributed by atoms with E-state index < -0.39 is 0 Å². The Balaban J connectivity index is 2.54. The molecule has 0 aliphatic carbocycles. The minimum absolute atomic E-state index is 0.0138. The molecule has 1 amide bonds. The van der Waals surface area contributed by atoms with E-state index in [2.05, 4.69) is 23.4 Å². The number of nitrogens with two attached hydrogens (primary N) is 1. The molecule has 0 fully saturated rings.